The van der Waals surface area contributed by atoms with E-state index < -0.39 is 0 Å². The van der Waals surface area contributed by atoms with Crippen LogP contribution in [0.4, 0.5) is 0 Å². The molecule has 1 fully saturated rings. The van der Waals surface area contributed by atoms with Crippen molar-refractivity contribution in [2.45, 2.75) is 28.7 Å². The van der Waals surface area contributed by atoms with Crippen LogP contribution in [0.5, 0.6) is 0 Å². The average Bonchev–Trinajstić information content (AvgIpc) is 1.88. The quantitative estimate of drug-likeness (QED) is 0.571. The van der Waals surface area contributed by atoms with Crippen LogP contribution in [0.3, 0.4) is 0 Å². The molecule has 0 bridgehead atoms. The highest BCUT2D eigenvalue weighted by Gasteiger charge is 2.22. The van der Waals surface area contributed by atoms with Crippen LogP contribution in [-0.4, -0.2) is 15.3 Å². The summed E-state index contributed by atoms with van der Waals surface area (Å²) in [5, 5.41) is 2.84. The van der Waals surface area contributed by atoms with Gasteiger partial charge in [-0.05, 0) is 12.8 Å². The highest BCUT2D eigenvalue weighted by molar-refractivity contribution is 14.1. The summed E-state index contributed by atoms with van der Waals surface area (Å²) in [4.78, 5) is 10.8. The van der Waals surface area contributed by atoms with Gasteiger partial charge in [-0.2, -0.15) is 0 Å². The molecule has 0 aromatic rings. The standard InChI is InChI=1S/C6H9ClINO/c7-6(8)4-2-1-3-5(10)9-4/h4,6H,1-3H2,(H,9,10). The lowest BCUT2D eigenvalue weighted by atomic mass is 10.1. The van der Waals surface area contributed by atoms with Crippen molar-refractivity contribution in [1.29, 1.82) is 0 Å². The van der Waals surface area contributed by atoms with Gasteiger partial charge in [0.2, 0.25) is 5.91 Å². The van der Waals surface area contributed by atoms with Crippen molar-refractivity contribution < 1.29 is 4.79 Å². The average molecular weight is 274 g/mol. The van der Waals surface area contributed by atoms with E-state index in [1.807, 2.05) is 0 Å². The van der Waals surface area contributed by atoms with Gasteiger partial charge in [0.15, 0.2) is 0 Å². The molecule has 2 nitrogen and oxygen atoms in total. The Hall–Kier alpha value is 0.490. The third-order valence-corrected chi connectivity index (χ3v) is 2.74. The maximum Gasteiger partial charge on any atom is 0.220 e. The largest absolute Gasteiger partial charge is 0.351 e. The van der Waals surface area contributed by atoms with Crippen LogP contribution in [0.15, 0.2) is 0 Å². The first-order valence-corrected chi connectivity index (χ1v) is 4.96. The number of hydrogen-bond donors (Lipinski definition) is 1. The van der Waals surface area contributed by atoms with Crippen LogP contribution in [-0.2, 0) is 4.79 Å². The predicted molar refractivity (Wildman–Crippen MR) is 49.4 cm³/mol. The molecule has 10 heavy (non-hydrogen) atoms. The van der Waals surface area contributed by atoms with Gasteiger partial charge < -0.3 is 5.32 Å². The molecular weight excluding hydrogens is 264 g/mol. The molecule has 1 heterocycles. The molecule has 0 aliphatic carbocycles. The molecule has 1 saturated heterocycles. The minimum absolute atomic E-state index is 0.0295. The number of halogens is 2. The van der Waals surface area contributed by atoms with Gasteiger partial charge in [-0.15, -0.1) is 11.6 Å². The summed E-state index contributed by atoms with van der Waals surface area (Å²) >= 11 is 7.92. The van der Waals surface area contributed by atoms with Crippen LogP contribution in [0.1, 0.15) is 19.3 Å². The molecule has 0 aromatic carbocycles. The number of piperidine rings is 1. The zero-order chi connectivity index (χ0) is 7.56. The summed E-state index contributed by atoms with van der Waals surface area (Å²) in [6.07, 6.45) is 2.66. The van der Waals surface area contributed by atoms with Gasteiger partial charge in [-0.1, -0.05) is 22.6 Å². The molecule has 1 aliphatic heterocycles. The van der Waals surface area contributed by atoms with Crippen molar-refractivity contribution >= 4 is 40.1 Å². The minimum atomic E-state index is 0.0295. The SMILES string of the molecule is O=C1CCCC(C(Cl)I)N1. The molecule has 2 atom stereocenters. The second-order valence-electron chi connectivity index (χ2n) is 2.40. The molecule has 0 radical (unpaired) electrons. The maximum absolute atomic E-state index is 10.8. The number of carbonyl (C=O) groups excluding carboxylic acids is 1. The number of hydrogen-bond acceptors (Lipinski definition) is 1. The molecule has 0 aromatic heterocycles. The van der Waals surface area contributed by atoms with Crippen molar-refractivity contribution in [3.8, 4) is 0 Å². The Balaban J connectivity index is 2.39. The Morgan fingerprint density at radius 1 is 1.80 bits per heavy atom. The Morgan fingerprint density at radius 2 is 2.50 bits per heavy atom. The van der Waals surface area contributed by atoms with Crippen molar-refractivity contribution in [2.24, 2.45) is 0 Å². The van der Waals surface area contributed by atoms with Gasteiger partial charge >= 0.3 is 0 Å². The van der Waals surface area contributed by atoms with Gasteiger partial charge in [0.25, 0.3) is 0 Å². The normalized spacial score (nSPS) is 29.4. The van der Waals surface area contributed by atoms with Gasteiger partial charge in [0.05, 0.1) is 6.04 Å². The summed E-state index contributed by atoms with van der Waals surface area (Å²) in [6, 6.07) is 0.184. The zero-order valence-corrected chi connectivity index (χ0v) is 8.35. The maximum atomic E-state index is 10.8. The summed E-state index contributed by atoms with van der Waals surface area (Å²) in [6.45, 7) is 0. The fraction of sp³-hybridized carbons (Fsp3) is 0.833. The van der Waals surface area contributed by atoms with Gasteiger partial charge in [-0.3, -0.25) is 4.79 Å². The number of carbonyl (C=O) groups is 1. The molecule has 2 unspecified atom stereocenters. The molecule has 0 saturated carbocycles. The second-order valence-corrected chi connectivity index (χ2v) is 4.95. The summed E-state index contributed by atoms with van der Waals surface area (Å²) in [7, 11) is 0. The van der Waals surface area contributed by atoms with E-state index in [1.165, 1.54) is 0 Å². The van der Waals surface area contributed by atoms with Gasteiger partial charge in [0.1, 0.15) is 3.38 Å². The molecule has 1 N–H and O–H groups in total. The van der Waals surface area contributed by atoms with E-state index >= 15 is 0 Å². The fourth-order valence-corrected chi connectivity index (χ4v) is 1.75. The van der Waals surface area contributed by atoms with Crippen LogP contribution in [0.25, 0.3) is 0 Å². The van der Waals surface area contributed by atoms with Crippen molar-refractivity contribution in [3.63, 3.8) is 0 Å². The second kappa shape index (κ2) is 3.76. The lowest BCUT2D eigenvalue weighted by Crippen LogP contribution is -2.42. The van der Waals surface area contributed by atoms with E-state index in [1.54, 1.807) is 0 Å². The van der Waals surface area contributed by atoms with E-state index in [9.17, 15) is 4.79 Å². The van der Waals surface area contributed by atoms with Crippen LogP contribution in [0, 0.1) is 0 Å². The number of nitrogens with one attached hydrogen (secondary N) is 1. The molecule has 4 heteroatoms. The van der Waals surface area contributed by atoms with E-state index in [2.05, 4.69) is 27.9 Å². The first-order valence-electron chi connectivity index (χ1n) is 3.27. The molecule has 1 aliphatic rings. The van der Waals surface area contributed by atoms with Crippen LogP contribution < -0.4 is 5.32 Å². The Bertz CT molecular complexity index is 140. The van der Waals surface area contributed by atoms with Crippen molar-refractivity contribution in [2.75, 3.05) is 0 Å². The third-order valence-electron chi connectivity index (χ3n) is 1.57. The van der Waals surface area contributed by atoms with Crippen molar-refractivity contribution in [1.82, 2.24) is 5.32 Å². The minimum Gasteiger partial charge on any atom is -0.351 e. The molecule has 1 amide bonds. The zero-order valence-electron chi connectivity index (χ0n) is 5.44. The number of rotatable bonds is 1. The lowest BCUT2D eigenvalue weighted by molar-refractivity contribution is -0.123. The number of amides is 1. The Kier molecular flexibility index (Phi) is 3.23. The lowest BCUT2D eigenvalue weighted by Gasteiger charge is -2.23. The van der Waals surface area contributed by atoms with Crippen molar-refractivity contribution in [3.05, 3.63) is 0 Å². The van der Waals surface area contributed by atoms with Gasteiger partial charge in [-0.25, -0.2) is 0 Å². The van der Waals surface area contributed by atoms with E-state index in [0.717, 1.165) is 12.8 Å². The predicted octanol–water partition coefficient (Wildman–Crippen LogP) is 1.66. The topological polar surface area (TPSA) is 29.1 Å². The summed E-state index contributed by atoms with van der Waals surface area (Å²) in [5.41, 5.74) is 0. The smallest absolute Gasteiger partial charge is 0.220 e. The van der Waals surface area contributed by atoms with Gasteiger partial charge in [0, 0.05) is 6.42 Å². The fourth-order valence-electron chi connectivity index (χ4n) is 1.02. The first-order chi connectivity index (χ1) is 4.70. The molecular formula is C6H9ClINO. The summed E-state index contributed by atoms with van der Waals surface area (Å²) < 4.78 is 0.0295. The molecule has 58 valence electrons. The van der Waals surface area contributed by atoms with Crippen LogP contribution >= 0.6 is 34.2 Å². The Labute approximate surface area is 78.8 Å². The monoisotopic (exact) mass is 273 g/mol. The van der Waals surface area contributed by atoms with E-state index in [-0.39, 0.29) is 15.3 Å². The first kappa shape index (κ1) is 8.59. The Morgan fingerprint density at radius 3 is 2.90 bits per heavy atom. The van der Waals surface area contributed by atoms with E-state index in [4.69, 9.17) is 11.6 Å². The molecule has 0 spiro atoms. The number of alkyl halides is 2. The third kappa shape index (κ3) is 2.27. The molecule has 1 rings (SSSR count). The summed E-state index contributed by atoms with van der Waals surface area (Å²) in [5.74, 6) is 0.138. The van der Waals surface area contributed by atoms with Crippen LogP contribution in [0.2, 0.25) is 0 Å². The van der Waals surface area contributed by atoms with E-state index in [0.29, 0.717) is 6.42 Å². The highest BCUT2D eigenvalue weighted by Crippen LogP contribution is 2.19. The highest BCUT2D eigenvalue weighted by atomic mass is 127.